The Balaban J connectivity index is 2.89. The summed E-state index contributed by atoms with van der Waals surface area (Å²) in [7, 11) is 0. The Kier molecular flexibility index (Phi) is 6.09. The summed E-state index contributed by atoms with van der Waals surface area (Å²) < 4.78 is 14.0. The third kappa shape index (κ3) is 3.76. The lowest BCUT2D eigenvalue weighted by molar-refractivity contribution is 0.373. The van der Waals surface area contributed by atoms with Gasteiger partial charge in [0.05, 0.1) is 4.47 Å². The molecule has 2 nitrogen and oxygen atoms in total. The molecule has 0 bridgehead atoms. The van der Waals surface area contributed by atoms with Gasteiger partial charge in [-0.15, -0.1) is 0 Å². The van der Waals surface area contributed by atoms with Crippen LogP contribution >= 0.6 is 15.9 Å². The molecular weight excluding hydrogens is 283 g/mol. The molecule has 1 atom stereocenters. The highest BCUT2D eigenvalue weighted by Gasteiger charge is 2.18. The van der Waals surface area contributed by atoms with Crippen molar-refractivity contribution in [3.63, 3.8) is 0 Å². The monoisotopic (exact) mass is 302 g/mol. The Morgan fingerprint density at radius 1 is 1.35 bits per heavy atom. The highest BCUT2D eigenvalue weighted by molar-refractivity contribution is 9.10. The Morgan fingerprint density at radius 3 is 2.53 bits per heavy atom. The number of benzene rings is 1. The molecule has 3 N–H and O–H groups in total. The molecule has 0 amide bonds. The van der Waals surface area contributed by atoms with E-state index in [2.05, 4.69) is 35.2 Å². The molecule has 0 aliphatic heterocycles. The van der Waals surface area contributed by atoms with E-state index in [9.17, 15) is 4.39 Å². The van der Waals surface area contributed by atoms with E-state index >= 15 is 0 Å². The summed E-state index contributed by atoms with van der Waals surface area (Å²) in [6.45, 7) is 4.34. The lowest BCUT2D eigenvalue weighted by Gasteiger charge is -2.22. The minimum atomic E-state index is -0.243. The van der Waals surface area contributed by atoms with Crippen LogP contribution in [0.15, 0.2) is 22.7 Å². The number of hydrogen-bond donors (Lipinski definition) is 2. The fourth-order valence-electron chi connectivity index (χ4n) is 2.03. The Bertz CT molecular complexity index is 353. The summed E-state index contributed by atoms with van der Waals surface area (Å²) in [6.07, 6.45) is 3.15. The number of hydrogen-bond acceptors (Lipinski definition) is 2. The molecule has 4 heteroatoms. The van der Waals surface area contributed by atoms with Gasteiger partial charge in [-0.1, -0.05) is 38.8 Å². The van der Waals surface area contributed by atoms with E-state index in [1.54, 1.807) is 6.07 Å². The maximum atomic E-state index is 13.5. The topological polar surface area (TPSA) is 38.0 Å². The smallest absolute Gasteiger partial charge is 0.137 e. The minimum absolute atomic E-state index is 0.00928. The van der Waals surface area contributed by atoms with Crippen molar-refractivity contribution in [2.45, 2.75) is 39.2 Å². The van der Waals surface area contributed by atoms with Crippen molar-refractivity contribution in [2.24, 2.45) is 11.8 Å². The fraction of sp³-hybridized carbons (Fsp3) is 0.538. The fourth-order valence-corrected chi connectivity index (χ4v) is 2.57. The number of nitrogens with one attached hydrogen (secondary N) is 1. The predicted molar refractivity (Wildman–Crippen MR) is 72.9 cm³/mol. The van der Waals surface area contributed by atoms with Crippen LogP contribution < -0.4 is 11.3 Å². The minimum Gasteiger partial charge on any atom is -0.271 e. The first kappa shape index (κ1) is 14.6. The Labute approximate surface area is 111 Å². The summed E-state index contributed by atoms with van der Waals surface area (Å²) in [5.74, 6) is 5.95. The van der Waals surface area contributed by atoms with Gasteiger partial charge in [0.1, 0.15) is 5.82 Å². The standard InChI is InChI=1S/C13H20BrFN2/c1-3-9(4-2)8-12(17-16)10-6-5-7-11(15)13(10)14/h5-7,9,12,17H,3-4,8,16H2,1-2H3. The average molecular weight is 303 g/mol. The van der Waals surface area contributed by atoms with Gasteiger partial charge in [0.15, 0.2) is 0 Å². The van der Waals surface area contributed by atoms with Crippen LogP contribution in [0.5, 0.6) is 0 Å². The first-order valence-corrected chi connectivity index (χ1v) is 6.83. The van der Waals surface area contributed by atoms with Crippen molar-refractivity contribution in [1.29, 1.82) is 0 Å². The largest absolute Gasteiger partial charge is 0.271 e. The Morgan fingerprint density at radius 2 is 2.00 bits per heavy atom. The quantitative estimate of drug-likeness (QED) is 0.617. The molecule has 0 aliphatic carbocycles. The van der Waals surface area contributed by atoms with Gasteiger partial charge >= 0.3 is 0 Å². The van der Waals surface area contributed by atoms with E-state index < -0.39 is 0 Å². The van der Waals surface area contributed by atoms with Crippen LogP contribution in [0.2, 0.25) is 0 Å². The van der Waals surface area contributed by atoms with Crippen molar-refractivity contribution < 1.29 is 4.39 Å². The van der Waals surface area contributed by atoms with Crippen LogP contribution in [-0.4, -0.2) is 0 Å². The van der Waals surface area contributed by atoms with Gasteiger partial charge in [-0.3, -0.25) is 11.3 Å². The molecule has 1 unspecified atom stereocenters. The Hall–Kier alpha value is -0.450. The maximum absolute atomic E-state index is 13.5. The van der Waals surface area contributed by atoms with Crippen molar-refractivity contribution in [2.75, 3.05) is 0 Å². The van der Waals surface area contributed by atoms with E-state index in [0.29, 0.717) is 10.4 Å². The molecule has 1 aromatic carbocycles. The van der Waals surface area contributed by atoms with E-state index in [1.807, 2.05) is 6.07 Å². The second-order valence-electron chi connectivity index (χ2n) is 4.28. The highest BCUT2D eigenvalue weighted by atomic mass is 79.9. The molecule has 0 heterocycles. The number of hydrazine groups is 1. The van der Waals surface area contributed by atoms with Gasteiger partial charge in [-0.2, -0.15) is 0 Å². The summed E-state index contributed by atoms with van der Waals surface area (Å²) in [5.41, 5.74) is 3.68. The van der Waals surface area contributed by atoms with Gasteiger partial charge < -0.3 is 0 Å². The van der Waals surface area contributed by atoms with Gasteiger partial charge in [0, 0.05) is 6.04 Å². The summed E-state index contributed by atoms with van der Waals surface area (Å²) >= 11 is 3.28. The molecule has 0 aromatic heterocycles. The number of halogens is 2. The lowest BCUT2D eigenvalue weighted by Crippen LogP contribution is -2.30. The summed E-state index contributed by atoms with van der Waals surface area (Å²) in [5, 5.41) is 0. The third-order valence-corrected chi connectivity index (χ3v) is 4.12. The zero-order chi connectivity index (χ0) is 12.8. The first-order chi connectivity index (χ1) is 8.13. The second kappa shape index (κ2) is 7.09. The molecular formula is C13H20BrFN2. The van der Waals surface area contributed by atoms with Crippen LogP contribution in [0.3, 0.4) is 0 Å². The number of nitrogens with two attached hydrogens (primary N) is 1. The van der Waals surface area contributed by atoms with Crippen LogP contribution in [0.1, 0.15) is 44.7 Å². The van der Waals surface area contributed by atoms with E-state index in [0.717, 1.165) is 24.8 Å². The molecule has 0 radical (unpaired) electrons. The lowest BCUT2D eigenvalue weighted by atomic mass is 9.91. The molecule has 0 fully saturated rings. The average Bonchev–Trinajstić information content (AvgIpc) is 2.35. The number of rotatable bonds is 6. The zero-order valence-corrected chi connectivity index (χ0v) is 11.9. The molecule has 17 heavy (non-hydrogen) atoms. The van der Waals surface area contributed by atoms with Crippen molar-refractivity contribution in [3.8, 4) is 0 Å². The van der Waals surface area contributed by atoms with Crippen molar-refractivity contribution >= 4 is 15.9 Å². The first-order valence-electron chi connectivity index (χ1n) is 6.04. The SMILES string of the molecule is CCC(CC)CC(NN)c1cccc(F)c1Br. The van der Waals surface area contributed by atoms with E-state index in [-0.39, 0.29) is 11.9 Å². The predicted octanol–water partition coefficient (Wildman–Crippen LogP) is 3.92. The molecule has 0 spiro atoms. The summed E-state index contributed by atoms with van der Waals surface area (Å²) in [6, 6.07) is 5.05. The highest BCUT2D eigenvalue weighted by Crippen LogP contribution is 2.31. The molecule has 1 aromatic rings. The van der Waals surface area contributed by atoms with Crippen molar-refractivity contribution in [3.05, 3.63) is 34.1 Å². The van der Waals surface area contributed by atoms with Gasteiger partial charge in [-0.05, 0) is 39.9 Å². The molecule has 0 aliphatic rings. The molecule has 1 rings (SSSR count). The van der Waals surface area contributed by atoms with Crippen LogP contribution in [0, 0.1) is 11.7 Å². The van der Waals surface area contributed by atoms with Crippen LogP contribution in [-0.2, 0) is 0 Å². The van der Waals surface area contributed by atoms with Crippen LogP contribution in [0.4, 0.5) is 4.39 Å². The molecule has 96 valence electrons. The van der Waals surface area contributed by atoms with Gasteiger partial charge in [0.25, 0.3) is 0 Å². The van der Waals surface area contributed by atoms with Crippen molar-refractivity contribution in [1.82, 2.24) is 5.43 Å². The molecule has 0 saturated heterocycles. The molecule has 0 saturated carbocycles. The van der Waals surface area contributed by atoms with E-state index in [4.69, 9.17) is 5.84 Å². The van der Waals surface area contributed by atoms with Crippen LogP contribution in [0.25, 0.3) is 0 Å². The maximum Gasteiger partial charge on any atom is 0.137 e. The van der Waals surface area contributed by atoms with Gasteiger partial charge in [0.2, 0.25) is 0 Å². The zero-order valence-electron chi connectivity index (χ0n) is 10.3. The van der Waals surface area contributed by atoms with E-state index in [1.165, 1.54) is 6.07 Å². The normalized spacial score (nSPS) is 13.1. The summed E-state index contributed by atoms with van der Waals surface area (Å²) in [4.78, 5) is 0. The van der Waals surface area contributed by atoms with Gasteiger partial charge in [-0.25, -0.2) is 4.39 Å². The third-order valence-electron chi connectivity index (χ3n) is 3.28. The second-order valence-corrected chi connectivity index (χ2v) is 5.07.